The van der Waals surface area contributed by atoms with Gasteiger partial charge in [-0.2, -0.15) is 0 Å². The predicted molar refractivity (Wildman–Crippen MR) is 111 cm³/mol. The number of fused-ring (bicyclic) bond motifs is 1. The number of benzene rings is 3. The van der Waals surface area contributed by atoms with E-state index >= 15 is 0 Å². The molecule has 1 heterocycles. The largest absolute Gasteiger partial charge is 0.376 e. The van der Waals surface area contributed by atoms with Gasteiger partial charge in [-0.1, -0.05) is 71.5 Å². The molecule has 2 unspecified atom stereocenters. The van der Waals surface area contributed by atoms with Crippen LogP contribution in [0.1, 0.15) is 23.2 Å². The molecule has 0 fully saturated rings. The lowest BCUT2D eigenvalue weighted by atomic mass is 9.97. The first-order chi connectivity index (χ1) is 13.3. The van der Waals surface area contributed by atoms with Gasteiger partial charge in [-0.3, -0.25) is 0 Å². The van der Waals surface area contributed by atoms with Crippen LogP contribution in [0, 0.1) is 6.92 Å². The van der Waals surface area contributed by atoms with Crippen molar-refractivity contribution >= 4 is 16.7 Å². The normalized spacial score (nSPS) is 13.2. The molecular weight excluding hydrogens is 332 g/mol. The maximum atomic E-state index is 4.43. The van der Waals surface area contributed by atoms with E-state index in [-0.39, 0.29) is 12.1 Å². The van der Waals surface area contributed by atoms with Gasteiger partial charge in [-0.15, -0.1) is 11.7 Å². The first kappa shape index (κ1) is 17.0. The Morgan fingerprint density at radius 1 is 0.926 bits per heavy atom. The maximum Gasteiger partial charge on any atom is 0.113 e. The summed E-state index contributed by atoms with van der Waals surface area (Å²) in [4.78, 5) is 0. The Balaban J connectivity index is 1.80. The summed E-state index contributed by atoms with van der Waals surface area (Å²) in [6.45, 7) is 6.20. The molecule has 134 valence electrons. The van der Waals surface area contributed by atoms with Gasteiger partial charge in [-0.05, 0) is 36.8 Å². The molecular formula is C23H22N4. The molecule has 2 atom stereocenters. The number of para-hydroxylation sites is 2. The second kappa shape index (κ2) is 7.46. The van der Waals surface area contributed by atoms with Crippen molar-refractivity contribution in [3.05, 3.63) is 103 Å². The first-order valence-electron chi connectivity index (χ1n) is 9.07. The van der Waals surface area contributed by atoms with Crippen LogP contribution in [-0.2, 0) is 0 Å². The minimum atomic E-state index is -0.0969. The summed E-state index contributed by atoms with van der Waals surface area (Å²) in [5.41, 5.74) is 5.34. The van der Waals surface area contributed by atoms with Gasteiger partial charge in [0.1, 0.15) is 5.52 Å². The molecule has 4 rings (SSSR count). The van der Waals surface area contributed by atoms with E-state index in [2.05, 4.69) is 65.5 Å². The third-order valence-corrected chi connectivity index (χ3v) is 4.78. The quantitative estimate of drug-likeness (QED) is 0.477. The standard InChI is InChI=1S/C23H22N4/c1-3-21(27-22-12-8-7-11-20(22)25-26-27)23(18-15-13-17(2)14-16-18)24-19-9-5-4-6-10-19/h3-16,21,23-24H,1H2,2H3. The van der Waals surface area contributed by atoms with Crippen LogP contribution in [0.25, 0.3) is 11.0 Å². The molecule has 0 spiro atoms. The van der Waals surface area contributed by atoms with Gasteiger partial charge in [0.25, 0.3) is 0 Å². The molecule has 3 aromatic carbocycles. The van der Waals surface area contributed by atoms with Crippen LogP contribution in [-0.4, -0.2) is 15.0 Å². The smallest absolute Gasteiger partial charge is 0.113 e. The molecule has 4 heteroatoms. The molecule has 0 saturated carbocycles. The number of rotatable bonds is 6. The highest BCUT2D eigenvalue weighted by Crippen LogP contribution is 2.32. The van der Waals surface area contributed by atoms with Gasteiger partial charge < -0.3 is 5.32 Å². The fourth-order valence-electron chi connectivity index (χ4n) is 3.34. The Hall–Kier alpha value is -3.40. The third-order valence-electron chi connectivity index (χ3n) is 4.78. The molecule has 0 aliphatic carbocycles. The molecule has 27 heavy (non-hydrogen) atoms. The first-order valence-corrected chi connectivity index (χ1v) is 9.07. The SMILES string of the molecule is C=CC(C(Nc1ccccc1)c1ccc(C)cc1)n1nnc2ccccc21. The second-order valence-electron chi connectivity index (χ2n) is 6.65. The highest BCUT2D eigenvalue weighted by molar-refractivity contribution is 5.74. The molecule has 4 nitrogen and oxygen atoms in total. The topological polar surface area (TPSA) is 42.7 Å². The summed E-state index contributed by atoms with van der Waals surface area (Å²) in [5, 5.41) is 12.4. The number of hydrogen-bond donors (Lipinski definition) is 1. The molecule has 1 aromatic heterocycles. The summed E-state index contributed by atoms with van der Waals surface area (Å²) < 4.78 is 1.95. The average Bonchev–Trinajstić information content (AvgIpc) is 3.13. The maximum absolute atomic E-state index is 4.43. The van der Waals surface area contributed by atoms with Crippen LogP contribution in [0.3, 0.4) is 0 Å². The predicted octanol–water partition coefficient (Wildman–Crippen LogP) is 5.32. The van der Waals surface area contributed by atoms with Gasteiger partial charge in [0.05, 0.1) is 17.6 Å². The Morgan fingerprint density at radius 2 is 1.63 bits per heavy atom. The highest BCUT2D eigenvalue weighted by Gasteiger charge is 2.25. The molecule has 0 amide bonds. The van der Waals surface area contributed by atoms with E-state index in [0.717, 1.165) is 16.7 Å². The fourth-order valence-corrected chi connectivity index (χ4v) is 3.34. The minimum Gasteiger partial charge on any atom is -0.376 e. The van der Waals surface area contributed by atoms with Crippen LogP contribution in [0.5, 0.6) is 0 Å². The van der Waals surface area contributed by atoms with E-state index in [9.17, 15) is 0 Å². The number of anilines is 1. The van der Waals surface area contributed by atoms with E-state index < -0.39 is 0 Å². The van der Waals surface area contributed by atoms with Crippen LogP contribution in [0.2, 0.25) is 0 Å². The lowest BCUT2D eigenvalue weighted by Gasteiger charge is -2.28. The lowest BCUT2D eigenvalue weighted by molar-refractivity contribution is 0.478. The summed E-state index contributed by atoms with van der Waals surface area (Å²) in [6, 6.07) is 26.7. The van der Waals surface area contributed by atoms with Crippen molar-refractivity contribution in [3.63, 3.8) is 0 Å². The Labute approximate surface area is 159 Å². The van der Waals surface area contributed by atoms with E-state index in [1.807, 2.05) is 53.2 Å². The third kappa shape index (κ3) is 3.47. The lowest BCUT2D eigenvalue weighted by Crippen LogP contribution is -2.24. The van der Waals surface area contributed by atoms with Crippen LogP contribution in [0.4, 0.5) is 5.69 Å². The second-order valence-corrected chi connectivity index (χ2v) is 6.65. The van der Waals surface area contributed by atoms with Crippen molar-refractivity contribution in [1.82, 2.24) is 15.0 Å². The average molecular weight is 354 g/mol. The van der Waals surface area contributed by atoms with Crippen molar-refractivity contribution in [2.75, 3.05) is 5.32 Å². The van der Waals surface area contributed by atoms with Gasteiger partial charge in [0, 0.05) is 5.69 Å². The Bertz CT molecular complexity index is 1030. The van der Waals surface area contributed by atoms with E-state index in [4.69, 9.17) is 0 Å². The summed E-state index contributed by atoms with van der Waals surface area (Å²) in [5.74, 6) is 0. The van der Waals surface area contributed by atoms with Crippen molar-refractivity contribution in [3.8, 4) is 0 Å². The number of aromatic nitrogens is 3. The molecule has 0 aliphatic heterocycles. The molecule has 0 bridgehead atoms. The minimum absolute atomic E-state index is 0.0318. The number of hydrogen-bond acceptors (Lipinski definition) is 3. The number of nitrogens with zero attached hydrogens (tertiary/aromatic N) is 3. The van der Waals surface area contributed by atoms with Crippen molar-refractivity contribution in [2.45, 2.75) is 19.0 Å². The van der Waals surface area contributed by atoms with E-state index in [0.29, 0.717) is 0 Å². The van der Waals surface area contributed by atoms with E-state index in [1.165, 1.54) is 11.1 Å². The van der Waals surface area contributed by atoms with Crippen molar-refractivity contribution < 1.29 is 0 Å². The zero-order valence-corrected chi connectivity index (χ0v) is 15.3. The fraction of sp³-hybridized carbons (Fsp3) is 0.130. The molecule has 0 saturated heterocycles. The molecule has 0 aliphatic rings. The molecule has 4 aromatic rings. The van der Waals surface area contributed by atoms with Gasteiger partial charge in [0.15, 0.2) is 0 Å². The highest BCUT2D eigenvalue weighted by atomic mass is 15.4. The zero-order valence-electron chi connectivity index (χ0n) is 15.3. The Morgan fingerprint density at radius 3 is 2.37 bits per heavy atom. The zero-order chi connectivity index (χ0) is 18.6. The van der Waals surface area contributed by atoms with E-state index in [1.54, 1.807) is 0 Å². The van der Waals surface area contributed by atoms with Crippen LogP contribution >= 0.6 is 0 Å². The van der Waals surface area contributed by atoms with Gasteiger partial charge in [-0.25, -0.2) is 4.68 Å². The number of aryl methyl sites for hydroxylation is 1. The number of nitrogens with one attached hydrogen (secondary N) is 1. The van der Waals surface area contributed by atoms with Crippen molar-refractivity contribution in [2.24, 2.45) is 0 Å². The van der Waals surface area contributed by atoms with Crippen molar-refractivity contribution in [1.29, 1.82) is 0 Å². The van der Waals surface area contributed by atoms with Crippen LogP contribution in [0.15, 0.2) is 91.5 Å². The summed E-state index contributed by atoms with van der Waals surface area (Å²) in [7, 11) is 0. The van der Waals surface area contributed by atoms with Gasteiger partial charge in [0.2, 0.25) is 0 Å². The molecule has 0 radical (unpaired) electrons. The monoisotopic (exact) mass is 354 g/mol. The van der Waals surface area contributed by atoms with Gasteiger partial charge >= 0.3 is 0 Å². The van der Waals surface area contributed by atoms with Crippen LogP contribution < -0.4 is 5.32 Å². The summed E-state index contributed by atoms with van der Waals surface area (Å²) >= 11 is 0. The Kier molecular flexibility index (Phi) is 4.71. The molecule has 1 N–H and O–H groups in total. The summed E-state index contributed by atoms with van der Waals surface area (Å²) in [6.07, 6.45) is 1.93.